The van der Waals surface area contributed by atoms with Gasteiger partial charge >= 0.3 is 5.97 Å². The van der Waals surface area contributed by atoms with Gasteiger partial charge < -0.3 is 10.8 Å². The first-order valence-electron chi connectivity index (χ1n) is 9.09. The zero-order chi connectivity index (χ0) is 16.6. The summed E-state index contributed by atoms with van der Waals surface area (Å²) in [6.45, 7) is 2.22. The standard InChI is InChI=1S/C18H35NO3/c1-2-3-4-5-6-7-10-13-16(18(19)22)14-11-8-9-12-15-17(20)21/h16H,2-15H2,1H3,(H2,19,22)(H,20,21). The Hall–Kier alpha value is -1.06. The lowest BCUT2D eigenvalue weighted by atomic mass is 9.93. The maximum atomic E-state index is 11.5. The molecule has 1 unspecified atom stereocenters. The minimum absolute atomic E-state index is 0.00937. The maximum Gasteiger partial charge on any atom is 0.303 e. The van der Waals surface area contributed by atoms with Crippen LogP contribution in [0.25, 0.3) is 0 Å². The Kier molecular flexibility index (Phi) is 14.1. The fraction of sp³-hybridized carbons (Fsp3) is 0.889. The van der Waals surface area contributed by atoms with Crippen LogP contribution in [0.2, 0.25) is 0 Å². The fourth-order valence-corrected chi connectivity index (χ4v) is 2.80. The second kappa shape index (κ2) is 14.9. The molecule has 4 nitrogen and oxygen atoms in total. The van der Waals surface area contributed by atoms with Crippen LogP contribution in [0.5, 0.6) is 0 Å². The van der Waals surface area contributed by atoms with E-state index in [0.717, 1.165) is 44.9 Å². The van der Waals surface area contributed by atoms with Crippen molar-refractivity contribution in [2.24, 2.45) is 11.7 Å². The average molecular weight is 313 g/mol. The predicted molar refractivity (Wildman–Crippen MR) is 90.6 cm³/mol. The first-order valence-corrected chi connectivity index (χ1v) is 9.09. The van der Waals surface area contributed by atoms with Gasteiger partial charge in [-0.05, 0) is 19.3 Å². The van der Waals surface area contributed by atoms with E-state index < -0.39 is 5.97 Å². The molecule has 0 radical (unpaired) electrons. The summed E-state index contributed by atoms with van der Waals surface area (Å²) in [5.41, 5.74) is 5.48. The Morgan fingerprint density at radius 3 is 1.73 bits per heavy atom. The van der Waals surface area contributed by atoms with Crippen molar-refractivity contribution in [1.82, 2.24) is 0 Å². The molecular weight excluding hydrogens is 278 g/mol. The summed E-state index contributed by atoms with van der Waals surface area (Å²) >= 11 is 0. The fourth-order valence-electron chi connectivity index (χ4n) is 2.80. The van der Waals surface area contributed by atoms with E-state index in [1.165, 1.54) is 38.5 Å². The van der Waals surface area contributed by atoms with Crippen LogP contribution in [-0.4, -0.2) is 17.0 Å². The maximum absolute atomic E-state index is 11.5. The van der Waals surface area contributed by atoms with Gasteiger partial charge in [-0.2, -0.15) is 0 Å². The molecule has 0 saturated carbocycles. The van der Waals surface area contributed by atoms with Crippen LogP contribution in [0.4, 0.5) is 0 Å². The Bertz CT molecular complexity index is 292. The number of rotatable bonds is 16. The summed E-state index contributed by atoms with van der Waals surface area (Å²) in [5, 5.41) is 8.56. The largest absolute Gasteiger partial charge is 0.481 e. The van der Waals surface area contributed by atoms with Gasteiger partial charge in [-0.15, -0.1) is 0 Å². The number of primary amides is 1. The number of aliphatic carboxylic acids is 1. The lowest BCUT2D eigenvalue weighted by Gasteiger charge is -2.13. The van der Waals surface area contributed by atoms with Crippen molar-refractivity contribution in [3.63, 3.8) is 0 Å². The zero-order valence-electron chi connectivity index (χ0n) is 14.3. The highest BCUT2D eigenvalue weighted by Crippen LogP contribution is 2.18. The molecule has 3 N–H and O–H groups in total. The van der Waals surface area contributed by atoms with Crippen molar-refractivity contribution in [2.75, 3.05) is 0 Å². The highest BCUT2D eigenvalue weighted by molar-refractivity contribution is 5.76. The molecule has 0 bridgehead atoms. The van der Waals surface area contributed by atoms with E-state index >= 15 is 0 Å². The Morgan fingerprint density at radius 1 is 0.818 bits per heavy atom. The summed E-state index contributed by atoms with van der Waals surface area (Å²) in [7, 11) is 0. The van der Waals surface area contributed by atoms with Gasteiger partial charge in [0.15, 0.2) is 0 Å². The van der Waals surface area contributed by atoms with E-state index in [9.17, 15) is 9.59 Å². The van der Waals surface area contributed by atoms with Gasteiger partial charge in [0, 0.05) is 12.3 Å². The average Bonchev–Trinajstić information content (AvgIpc) is 2.46. The van der Waals surface area contributed by atoms with Crippen LogP contribution in [0.15, 0.2) is 0 Å². The lowest BCUT2D eigenvalue weighted by Crippen LogP contribution is -2.23. The van der Waals surface area contributed by atoms with Crippen molar-refractivity contribution in [2.45, 2.75) is 96.8 Å². The van der Waals surface area contributed by atoms with Crippen LogP contribution < -0.4 is 5.73 Å². The molecule has 0 aromatic rings. The molecule has 0 aliphatic rings. The lowest BCUT2D eigenvalue weighted by molar-refractivity contribution is -0.137. The smallest absolute Gasteiger partial charge is 0.303 e. The third kappa shape index (κ3) is 13.9. The molecule has 1 atom stereocenters. The number of hydrogen-bond donors (Lipinski definition) is 2. The van der Waals surface area contributed by atoms with E-state index in [2.05, 4.69) is 6.92 Å². The number of nitrogens with two attached hydrogens (primary N) is 1. The highest BCUT2D eigenvalue weighted by Gasteiger charge is 2.14. The molecule has 130 valence electrons. The predicted octanol–water partition coefficient (Wildman–Crippen LogP) is 4.65. The third-order valence-corrected chi connectivity index (χ3v) is 4.25. The minimum Gasteiger partial charge on any atom is -0.481 e. The molecule has 0 fully saturated rings. The van der Waals surface area contributed by atoms with Gasteiger partial charge in [-0.3, -0.25) is 9.59 Å². The van der Waals surface area contributed by atoms with E-state index in [4.69, 9.17) is 10.8 Å². The molecule has 0 rings (SSSR count). The number of amides is 1. The number of carboxylic acid groups (broad SMARTS) is 1. The van der Waals surface area contributed by atoms with E-state index in [1.54, 1.807) is 0 Å². The molecule has 0 heterocycles. The van der Waals surface area contributed by atoms with Crippen molar-refractivity contribution in [1.29, 1.82) is 0 Å². The second-order valence-corrected chi connectivity index (χ2v) is 6.36. The van der Waals surface area contributed by atoms with Crippen molar-refractivity contribution in [3.05, 3.63) is 0 Å². The summed E-state index contributed by atoms with van der Waals surface area (Å²) in [5.74, 6) is -0.888. The summed E-state index contributed by atoms with van der Waals surface area (Å²) in [6.07, 6.45) is 14.4. The first kappa shape index (κ1) is 20.9. The summed E-state index contributed by atoms with van der Waals surface area (Å²) < 4.78 is 0. The van der Waals surface area contributed by atoms with Gasteiger partial charge in [0.05, 0.1) is 0 Å². The number of carbonyl (C=O) groups excluding carboxylic acids is 1. The van der Waals surface area contributed by atoms with Crippen LogP contribution >= 0.6 is 0 Å². The SMILES string of the molecule is CCCCCCCCCC(CCCCCCC(=O)O)C(N)=O. The molecule has 0 aliphatic heterocycles. The monoisotopic (exact) mass is 313 g/mol. The number of unbranched alkanes of at least 4 members (excludes halogenated alkanes) is 9. The third-order valence-electron chi connectivity index (χ3n) is 4.25. The van der Waals surface area contributed by atoms with Gasteiger partial charge in [0.25, 0.3) is 0 Å². The van der Waals surface area contributed by atoms with E-state index in [0.29, 0.717) is 0 Å². The van der Waals surface area contributed by atoms with Crippen LogP contribution in [0.1, 0.15) is 96.8 Å². The minimum atomic E-state index is -0.728. The topological polar surface area (TPSA) is 80.4 Å². The van der Waals surface area contributed by atoms with Gasteiger partial charge in [0.2, 0.25) is 5.91 Å². The number of hydrogen-bond acceptors (Lipinski definition) is 2. The quantitative estimate of drug-likeness (QED) is 0.407. The van der Waals surface area contributed by atoms with Crippen molar-refractivity contribution < 1.29 is 14.7 Å². The molecule has 22 heavy (non-hydrogen) atoms. The molecule has 0 aromatic carbocycles. The van der Waals surface area contributed by atoms with Crippen LogP contribution in [-0.2, 0) is 9.59 Å². The van der Waals surface area contributed by atoms with E-state index in [-0.39, 0.29) is 18.2 Å². The number of carboxylic acids is 1. The van der Waals surface area contributed by atoms with Crippen LogP contribution in [0.3, 0.4) is 0 Å². The molecule has 0 saturated heterocycles. The Balaban J connectivity index is 3.57. The molecule has 4 heteroatoms. The van der Waals surface area contributed by atoms with Crippen molar-refractivity contribution in [3.8, 4) is 0 Å². The zero-order valence-corrected chi connectivity index (χ0v) is 14.3. The highest BCUT2D eigenvalue weighted by atomic mass is 16.4. The molecule has 0 spiro atoms. The summed E-state index contributed by atoms with van der Waals surface area (Å²) in [4.78, 5) is 21.9. The molecule has 0 aliphatic carbocycles. The summed E-state index contributed by atoms with van der Waals surface area (Å²) in [6, 6.07) is 0. The Labute approximate surface area is 135 Å². The normalized spacial score (nSPS) is 12.2. The number of carbonyl (C=O) groups is 2. The Morgan fingerprint density at radius 2 is 1.27 bits per heavy atom. The first-order chi connectivity index (χ1) is 10.6. The van der Waals surface area contributed by atoms with Gasteiger partial charge in [-0.1, -0.05) is 71.1 Å². The van der Waals surface area contributed by atoms with Crippen molar-refractivity contribution >= 4 is 11.9 Å². The molecule has 0 aromatic heterocycles. The van der Waals surface area contributed by atoms with Gasteiger partial charge in [-0.25, -0.2) is 0 Å². The van der Waals surface area contributed by atoms with Gasteiger partial charge in [0.1, 0.15) is 0 Å². The van der Waals surface area contributed by atoms with E-state index in [1.807, 2.05) is 0 Å². The molecular formula is C18H35NO3. The molecule has 1 amide bonds. The van der Waals surface area contributed by atoms with Crippen LogP contribution in [0, 0.1) is 5.92 Å². The second-order valence-electron chi connectivity index (χ2n) is 6.36.